The SMILES string of the molecule is CCCN(CCCCN1CCN(OC(=O)OCC)CCC1=O)C(C)Cc1ccc(S(C)(=O)=O)cc1. The molecule has 1 aliphatic rings. The van der Waals surface area contributed by atoms with E-state index in [1.54, 1.807) is 19.1 Å². The van der Waals surface area contributed by atoms with Crippen molar-refractivity contribution >= 4 is 21.9 Å². The van der Waals surface area contributed by atoms with Crippen LogP contribution in [0.25, 0.3) is 0 Å². The first kappa shape index (κ1) is 29.1. The minimum atomic E-state index is -3.18. The highest BCUT2D eigenvalue weighted by Gasteiger charge is 2.23. The molecule has 10 heteroatoms. The van der Waals surface area contributed by atoms with Crippen LogP contribution in [0.2, 0.25) is 0 Å². The van der Waals surface area contributed by atoms with Crippen molar-refractivity contribution in [1.29, 1.82) is 0 Å². The molecule has 198 valence electrons. The summed E-state index contributed by atoms with van der Waals surface area (Å²) in [7, 11) is -3.18. The fraction of sp³-hybridized carbons (Fsp3) is 0.680. The maximum absolute atomic E-state index is 12.5. The second kappa shape index (κ2) is 14.4. The molecular weight excluding hydrogens is 470 g/mol. The van der Waals surface area contributed by atoms with Crippen molar-refractivity contribution in [2.75, 3.05) is 52.1 Å². The van der Waals surface area contributed by atoms with Crippen LogP contribution < -0.4 is 0 Å². The summed E-state index contributed by atoms with van der Waals surface area (Å²) in [6, 6.07) is 7.48. The van der Waals surface area contributed by atoms with E-state index in [0.29, 0.717) is 43.5 Å². The van der Waals surface area contributed by atoms with Crippen molar-refractivity contribution in [3.63, 3.8) is 0 Å². The van der Waals surface area contributed by atoms with Crippen molar-refractivity contribution in [2.45, 2.75) is 63.8 Å². The van der Waals surface area contributed by atoms with Gasteiger partial charge in [-0.3, -0.25) is 4.79 Å². The highest BCUT2D eigenvalue weighted by molar-refractivity contribution is 7.90. The molecular formula is C25H41N3O6S. The van der Waals surface area contributed by atoms with E-state index in [0.717, 1.165) is 44.3 Å². The van der Waals surface area contributed by atoms with Gasteiger partial charge in [0.05, 0.1) is 18.0 Å². The molecule has 0 aliphatic carbocycles. The van der Waals surface area contributed by atoms with E-state index < -0.39 is 16.0 Å². The summed E-state index contributed by atoms with van der Waals surface area (Å²) in [6.07, 6.45) is 4.59. The van der Waals surface area contributed by atoms with Crippen LogP contribution in [0.15, 0.2) is 29.2 Å². The maximum Gasteiger partial charge on any atom is 0.527 e. The predicted molar refractivity (Wildman–Crippen MR) is 135 cm³/mol. The third-order valence-corrected chi connectivity index (χ3v) is 7.28. The Hall–Kier alpha value is -2.17. The third kappa shape index (κ3) is 10.1. The average molecular weight is 512 g/mol. The summed E-state index contributed by atoms with van der Waals surface area (Å²) in [5.74, 6) is 0.0799. The van der Waals surface area contributed by atoms with Crippen LogP contribution in [0.3, 0.4) is 0 Å². The Kier molecular flexibility index (Phi) is 12.0. The molecule has 0 spiro atoms. The number of hydrogen-bond donors (Lipinski definition) is 0. The molecule has 1 aromatic rings. The van der Waals surface area contributed by atoms with E-state index in [-0.39, 0.29) is 12.5 Å². The van der Waals surface area contributed by atoms with Crippen LogP contribution >= 0.6 is 0 Å². The Balaban J connectivity index is 1.79. The summed E-state index contributed by atoms with van der Waals surface area (Å²) >= 11 is 0. The number of hydroxylamine groups is 2. The Labute approximate surface area is 210 Å². The van der Waals surface area contributed by atoms with Gasteiger partial charge in [-0.2, -0.15) is 0 Å². The number of benzene rings is 1. The molecule has 0 radical (unpaired) electrons. The van der Waals surface area contributed by atoms with Gasteiger partial charge in [0, 0.05) is 38.4 Å². The van der Waals surface area contributed by atoms with Crippen LogP contribution in [0, 0.1) is 0 Å². The zero-order valence-electron chi connectivity index (χ0n) is 21.6. The number of rotatable bonds is 13. The molecule has 0 aromatic heterocycles. The smallest absolute Gasteiger partial charge is 0.433 e. The molecule has 1 atom stereocenters. The minimum Gasteiger partial charge on any atom is -0.433 e. The van der Waals surface area contributed by atoms with Crippen LogP contribution in [-0.4, -0.2) is 93.5 Å². The van der Waals surface area contributed by atoms with E-state index in [9.17, 15) is 18.0 Å². The van der Waals surface area contributed by atoms with Gasteiger partial charge in [-0.25, -0.2) is 13.2 Å². The van der Waals surface area contributed by atoms with Crippen molar-refractivity contribution in [1.82, 2.24) is 14.9 Å². The number of carbonyl (C=O) groups excluding carboxylic acids is 2. The summed E-state index contributed by atoms with van der Waals surface area (Å²) < 4.78 is 28.2. The van der Waals surface area contributed by atoms with Gasteiger partial charge in [0.2, 0.25) is 5.91 Å². The molecule has 0 bridgehead atoms. The fourth-order valence-corrected chi connectivity index (χ4v) is 4.86. The summed E-state index contributed by atoms with van der Waals surface area (Å²) in [5, 5.41) is 1.50. The molecule has 1 heterocycles. The highest BCUT2D eigenvalue weighted by atomic mass is 32.2. The van der Waals surface area contributed by atoms with E-state index >= 15 is 0 Å². The molecule has 1 aromatic carbocycles. The molecule has 2 rings (SSSR count). The van der Waals surface area contributed by atoms with Gasteiger partial charge in [-0.1, -0.05) is 19.1 Å². The van der Waals surface area contributed by atoms with Crippen molar-refractivity contribution in [3.8, 4) is 0 Å². The quantitative estimate of drug-likeness (QED) is 0.294. The molecule has 1 amide bonds. The number of ether oxygens (including phenoxy) is 1. The predicted octanol–water partition coefficient (Wildman–Crippen LogP) is 3.14. The second-order valence-corrected chi connectivity index (χ2v) is 11.1. The van der Waals surface area contributed by atoms with Crippen molar-refractivity contribution < 1.29 is 27.6 Å². The van der Waals surface area contributed by atoms with Crippen molar-refractivity contribution in [2.24, 2.45) is 0 Å². The standard InChI is InChI=1S/C25H41N3O6S/c1-5-14-26(21(3)20-22-9-11-23(12-10-22)35(4,31)32)15-7-8-16-27-18-19-28(17-13-24(27)29)34-25(30)33-6-2/h9-12,21H,5-8,13-20H2,1-4H3. The maximum atomic E-state index is 12.5. The largest absolute Gasteiger partial charge is 0.527 e. The molecule has 1 aliphatic heterocycles. The zero-order valence-corrected chi connectivity index (χ0v) is 22.4. The lowest BCUT2D eigenvalue weighted by molar-refractivity contribution is -0.132. The van der Waals surface area contributed by atoms with Crippen LogP contribution in [0.1, 0.15) is 52.0 Å². The third-order valence-electron chi connectivity index (χ3n) is 6.15. The lowest BCUT2D eigenvalue weighted by atomic mass is 10.1. The zero-order chi connectivity index (χ0) is 25.8. The van der Waals surface area contributed by atoms with Crippen molar-refractivity contribution in [3.05, 3.63) is 29.8 Å². The van der Waals surface area contributed by atoms with Crippen LogP contribution in [0.4, 0.5) is 4.79 Å². The molecule has 0 saturated carbocycles. The Morgan fingerprint density at radius 1 is 1.09 bits per heavy atom. The van der Waals surface area contributed by atoms with Gasteiger partial charge in [-0.05, 0) is 70.3 Å². The molecule has 35 heavy (non-hydrogen) atoms. The van der Waals surface area contributed by atoms with Gasteiger partial charge < -0.3 is 19.4 Å². The summed E-state index contributed by atoms with van der Waals surface area (Å²) in [4.78, 5) is 33.8. The highest BCUT2D eigenvalue weighted by Crippen LogP contribution is 2.15. The van der Waals surface area contributed by atoms with E-state index in [4.69, 9.17) is 9.57 Å². The second-order valence-electron chi connectivity index (χ2n) is 9.05. The first-order chi connectivity index (χ1) is 16.6. The van der Waals surface area contributed by atoms with Gasteiger partial charge in [0.1, 0.15) is 0 Å². The first-order valence-corrected chi connectivity index (χ1v) is 14.4. The topological polar surface area (TPSA) is 96.5 Å². The Bertz CT molecular complexity index is 906. The summed E-state index contributed by atoms with van der Waals surface area (Å²) in [5.41, 5.74) is 1.12. The Morgan fingerprint density at radius 3 is 2.43 bits per heavy atom. The molecule has 9 nitrogen and oxygen atoms in total. The lowest BCUT2D eigenvalue weighted by Gasteiger charge is -2.29. The van der Waals surface area contributed by atoms with Gasteiger partial charge in [0.25, 0.3) is 0 Å². The van der Waals surface area contributed by atoms with E-state index in [2.05, 4.69) is 18.7 Å². The number of hydrogen-bond acceptors (Lipinski definition) is 8. The molecule has 1 unspecified atom stereocenters. The average Bonchev–Trinajstić information content (AvgIpc) is 2.97. The van der Waals surface area contributed by atoms with Crippen LogP contribution in [-0.2, 0) is 30.6 Å². The number of sulfone groups is 1. The fourth-order valence-electron chi connectivity index (χ4n) is 4.22. The monoisotopic (exact) mass is 511 g/mol. The number of unbranched alkanes of at least 4 members (excludes halogenated alkanes) is 1. The molecule has 1 fully saturated rings. The molecule has 1 saturated heterocycles. The normalized spacial score (nSPS) is 16.3. The van der Waals surface area contributed by atoms with Crippen LogP contribution in [0.5, 0.6) is 0 Å². The van der Waals surface area contributed by atoms with Gasteiger partial charge >= 0.3 is 6.16 Å². The van der Waals surface area contributed by atoms with Gasteiger partial charge in [-0.15, -0.1) is 5.06 Å². The number of carbonyl (C=O) groups is 2. The number of nitrogens with zero attached hydrogens (tertiary/aromatic N) is 3. The first-order valence-electron chi connectivity index (χ1n) is 12.5. The minimum absolute atomic E-state index is 0.0799. The molecule has 0 N–H and O–H groups in total. The van der Waals surface area contributed by atoms with Gasteiger partial charge in [0.15, 0.2) is 9.84 Å². The number of amides is 1. The van der Waals surface area contributed by atoms with E-state index in [1.807, 2.05) is 17.0 Å². The Morgan fingerprint density at radius 2 is 1.80 bits per heavy atom. The van der Waals surface area contributed by atoms with E-state index in [1.165, 1.54) is 11.3 Å². The summed E-state index contributed by atoms with van der Waals surface area (Å²) in [6.45, 7) is 10.3. The lowest BCUT2D eigenvalue weighted by Crippen LogP contribution is -2.37.